The van der Waals surface area contributed by atoms with Gasteiger partial charge < -0.3 is 10.6 Å². The first-order chi connectivity index (χ1) is 8.38. The molecular weight excluding hydrogens is 212 g/mol. The van der Waals surface area contributed by atoms with Gasteiger partial charge in [-0.1, -0.05) is 6.07 Å². The lowest BCUT2D eigenvalue weighted by Crippen LogP contribution is -2.47. The van der Waals surface area contributed by atoms with Crippen LogP contribution in [0.3, 0.4) is 0 Å². The molecule has 0 aromatic carbocycles. The molecule has 1 saturated carbocycles. The molecule has 0 radical (unpaired) electrons. The maximum atomic E-state index is 5.77. The molecule has 0 bridgehead atoms. The Labute approximate surface area is 102 Å². The van der Waals surface area contributed by atoms with E-state index in [4.69, 9.17) is 5.73 Å². The highest BCUT2D eigenvalue weighted by Crippen LogP contribution is 2.28. The van der Waals surface area contributed by atoms with E-state index in [2.05, 4.69) is 20.9 Å². The number of nitrogens with zero attached hydrogens (tertiary/aromatic N) is 3. The molecular formula is C13H20N4. The van der Waals surface area contributed by atoms with Crippen molar-refractivity contribution in [2.75, 3.05) is 31.1 Å². The number of hydrogen-bond donors (Lipinski definition) is 1. The maximum absolute atomic E-state index is 5.77. The third kappa shape index (κ3) is 2.28. The van der Waals surface area contributed by atoms with Crippen molar-refractivity contribution in [2.45, 2.75) is 25.4 Å². The van der Waals surface area contributed by atoms with Crippen molar-refractivity contribution in [3.8, 4) is 0 Å². The van der Waals surface area contributed by atoms with Gasteiger partial charge in [-0.25, -0.2) is 4.98 Å². The average molecular weight is 232 g/mol. The van der Waals surface area contributed by atoms with Crippen molar-refractivity contribution in [3.63, 3.8) is 0 Å². The second-order valence-electron chi connectivity index (χ2n) is 4.94. The Kier molecular flexibility index (Phi) is 2.99. The summed E-state index contributed by atoms with van der Waals surface area (Å²) in [6.07, 6.45) is 4.66. The molecule has 2 fully saturated rings. The Morgan fingerprint density at radius 2 is 2.00 bits per heavy atom. The quantitative estimate of drug-likeness (QED) is 0.838. The molecule has 4 heteroatoms. The molecule has 17 heavy (non-hydrogen) atoms. The summed E-state index contributed by atoms with van der Waals surface area (Å²) in [4.78, 5) is 9.47. The SMILES string of the molecule is NCc1cccnc1N1CCN(C2CC2)CC1. The van der Waals surface area contributed by atoms with E-state index < -0.39 is 0 Å². The monoisotopic (exact) mass is 232 g/mol. The van der Waals surface area contributed by atoms with E-state index >= 15 is 0 Å². The summed E-state index contributed by atoms with van der Waals surface area (Å²) >= 11 is 0. The van der Waals surface area contributed by atoms with E-state index in [1.54, 1.807) is 0 Å². The van der Waals surface area contributed by atoms with Crippen molar-refractivity contribution in [1.82, 2.24) is 9.88 Å². The number of piperazine rings is 1. The predicted molar refractivity (Wildman–Crippen MR) is 68.9 cm³/mol. The van der Waals surface area contributed by atoms with Gasteiger partial charge >= 0.3 is 0 Å². The fourth-order valence-electron chi connectivity index (χ4n) is 2.61. The summed E-state index contributed by atoms with van der Waals surface area (Å²) in [5.74, 6) is 1.09. The molecule has 3 rings (SSSR count). The molecule has 0 amide bonds. The molecule has 0 atom stereocenters. The van der Waals surface area contributed by atoms with Gasteiger partial charge in [-0.05, 0) is 18.9 Å². The molecule has 1 aromatic rings. The van der Waals surface area contributed by atoms with Crippen LogP contribution in [0, 0.1) is 0 Å². The zero-order valence-electron chi connectivity index (χ0n) is 10.2. The van der Waals surface area contributed by atoms with E-state index in [-0.39, 0.29) is 0 Å². The Morgan fingerprint density at radius 1 is 1.24 bits per heavy atom. The smallest absolute Gasteiger partial charge is 0.133 e. The van der Waals surface area contributed by atoms with Crippen LogP contribution in [-0.4, -0.2) is 42.1 Å². The Bertz CT molecular complexity index is 381. The number of pyridine rings is 1. The zero-order chi connectivity index (χ0) is 11.7. The lowest BCUT2D eigenvalue weighted by molar-refractivity contribution is 0.247. The number of nitrogens with two attached hydrogens (primary N) is 1. The van der Waals surface area contributed by atoms with Crippen LogP contribution in [0.15, 0.2) is 18.3 Å². The molecule has 1 saturated heterocycles. The van der Waals surface area contributed by atoms with Crippen LogP contribution in [0.2, 0.25) is 0 Å². The third-order valence-electron chi connectivity index (χ3n) is 3.76. The predicted octanol–water partition coefficient (Wildman–Crippen LogP) is 0.825. The van der Waals surface area contributed by atoms with E-state index in [0.29, 0.717) is 6.54 Å². The lowest BCUT2D eigenvalue weighted by Gasteiger charge is -2.36. The molecule has 0 spiro atoms. The first-order valence-corrected chi connectivity index (χ1v) is 6.51. The van der Waals surface area contributed by atoms with Crippen molar-refractivity contribution >= 4 is 5.82 Å². The minimum absolute atomic E-state index is 0.575. The average Bonchev–Trinajstić information content (AvgIpc) is 3.23. The van der Waals surface area contributed by atoms with Crippen molar-refractivity contribution in [2.24, 2.45) is 5.73 Å². The fourth-order valence-corrected chi connectivity index (χ4v) is 2.61. The summed E-state index contributed by atoms with van der Waals surface area (Å²) in [7, 11) is 0. The molecule has 4 nitrogen and oxygen atoms in total. The Hall–Kier alpha value is -1.13. The standard InChI is InChI=1S/C13H20N4/c14-10-11-2-1-5-15-13(11)17-8-6-16(7-9-17)12-3-4-12/h1-2,5,12H,3-4,6-10,14H2. The van der Waals surface area contributed by atoms with E-state index in [0.717, 1.165) is 30.5 Å². The molecule has 92 valence electrons. The molecule has 1 aliphatic heterocycles. The van der Waals surface area contributed by atoms with Crippen LogP contribution >= 0.6 is 0 Å². The van der Waals surface area contributed by atoms with Crippen LogP contribution in [0.1, 0.15) is 18.4 Å². The second kappa shape index (κ2) is 4.63. The summed E-state index contributed by atoms with van der Waals surface area (Å²) in [5, 5.41) is 0. The third-order valence-corrected chi connectivity index (χ3v) is 3.76. The van der Waals surface area contributed by atoms with E-state index in [9.17, 15) is 0 Å². The summed E-state index contributed by atoms with van der Waals surface area (Å²) in [6, 6.07) is 4.93. The molecule has 1 aliphatic carbocycles. The number of aromatic nitrogens is 1. The summed E-state index contributed by atoms with van der Waals surface area (Å²) in [5.41, 5.74) is 6.93. The van der Waals surface area contributed by atoms with Crippen LogP contribution in [0.4, 0.5) is 5.82 Å². The number of rotatable bonds is 3. The summed E-state index contributed by atoms with van der Waals surface area (Å²) < 4.78 is 0. The van der Waals surface area contributed by atoms with Gasteiger partial charge in [0, 0.05) is 50.5 Å². The first kappa shape index (κ1) is 11.0. The highest BCUT2D eigenvalue weighted by molar-refractivity contribution is 5.47. The van der Waals surface area contributed by atoms with Crippen molar-refractivity contribution in [1.29, 1.82) is 0 Å². The number of anilines is 1. The maximum Gasteiger partial charge on any atom is 0.133 e. The molecule has 0 unspecified atom stereocenters. The van der Waals surface area contributed by atoms with Gasteiger partial charge in [0.05, 0.1) is 0 Å². The van der Waals surface area contributed by atoms with Crippen molar-refractivity contribution in [3.05, 3.63) is 23.9 Å². The van der Waals surface area contributed by atoms with Gasteiger partial charge in [0.2, 0.25) is 0 Å². The van der Waals surface area contributed by atoms with Crippen LogP contribution in [-0.2, 0) is 6.54 Å². The van der Waals surface area contributed by atoms with E-state index in [1.807, 2.05) is 12.3 Å². The van der Waals surface area contributed by atoms with Gasteiger partial charge in [-0.15, -0.1) is 0 Å². The number of hydrogen-bond acceptors (Lipinski definition) is 4. The van der Waals surface area contributed by atoms with Crippen molar-refractivity contribution < 1.29 is 0 Å². The van der Waals surface area contributed by atoms with Crippen LogP contribution in [0.25, 0.3) is 0 Å². The molecule has 2 N–H and O–H groups in total. The Balaban J connectivity index is 1.68. The van der Waals surface area contributed by atoms with Gasteiger partial charge in [0.15, 0.2) is 0 Å². The normalized spacial score (nSPS) is 21.8. The largest absolute Gasteiger partial charge is 0.354 e. The van der Waals surface area contributed by atoms with Gasteiger partial charge in [0.25, 0.3) is 0 Å². The van der Waals surface area contributed by atoms with Gasteiger partial charge in [0.1, 0.15) is 5.82 Å². The minimum atomic E-state index is 0.575. The van der Waals surface area contributed by atoms with Crippen LogP contribution in [0.5, 0.6) is 0 Å². The van der Waals surface area contributed by atoms with Gasteiger partial charge in [-0.3, -0.25) is 4.90 Å². The van der Waals surface area contributed by atoms with Crippen LogP contribution < -0.4 is 10.6 Å². The molecule has 2 aliphatic rings. The highest BCUT2D eigenvalue weighted by Gasteiger charge is 2.31. The lowest BCUT2D eigenvalue weighted by atomic mass is 10.2. The zero-order valence-corrected chi connectivity index (χ0v) is 10.2. The van der Waals surface area contributed by atoms with E-state index in [1.165, 1.54) is 25.9 Å². The first-order valence-electron chi connectivity index (χ1n) is 6.51. The second-order valence-corrected chi connectivity index (χ2v) is 4.94. The molecule has 2 heterocycles. The fraction of sp³-hybridized carbons (Fsp3) is 0.615. The topological polar surface area (TPSA) is 45.4 Å². The summed E-state index contributed by atoms with van der Waals surface area (Å²) in [6.45, 7) is 5.09. The van der Waals surface area contributed by atoms with Gasteiger partial charge in [-0.2, -0.15) is 0 Å². The minimum Gasteiger partial charge on any atom is -0.354 e. The Morgan fingerprint density at radius 3 is 2.65 bits per heavy atom. The molecule has 1 aromatic heterocycles. The highest BCUT2D eigenvalue weighted by atomic mass is 15.3.